The number of hydrogen-bond donors (Lipinski definition) is 1. The van der Waals surface area contributed by atoms with E-state index in [4.69, 9.17) is 4.74 Å². The molecule has 2 unspecified atom stereocenters. The van der Waals surface area contributed by atoms with E-state index < -0.39 is 5.60 Å². The molecule has 0 radical (unpaired) electrons. The summed E-state index contributed by atoms with van der Waals surface area (Å²) in [5.74, 6) is 0. The van der Waals surface area contributed by atoms with Gasteiger partial charge in [-0.2, -0.15) is 0 Å². The zero-order valence-electron chi connectivity index (χ0n) is 9.33. The van der Waals surface area contributed by atoms with E-state index in [1.807, 2.05) is 31.2 Å². The number of halogens is 1. The van der Waals surface area contributed by atoms with Crippen LogP contribution in [0.15, 0.2) is 28.7 Å². The molecule has 0 aliphatic heterocycles. The molecule has 0 amide bonds. The molecule has 0 fully saturated rings. The number of aliphatic hydroxyl groups is 1. The van der Waals surface area contributed by atoms with Gasteiger partial charge >= 0.3 is 0 Å². The molecule has 1 aromatic carbocycles. The van der Waals surface area contributed by atoms with Crippen LogP contribution >= 0.6 is 15.9 Å². The lowest BCUT2D eigenvalue weighted by atomic mass is 9.92. The van der Waals surface area contributed by atoms with Crippen LogP contribution < -0.4 is 0 Å². The molecule has 1 aromatic rings. The number of benzene rings is 1. The second-order valence-electron chi connectivity index (χ2n) is 4.04. The van der Waals surface area contributed by atoms with Crippen molar-refractivity contribution < 1.29 is 9.84 Å². The van der Waals surface area contributed by atoms with Crippen molar-refractivity contribution in [2.24, 2.45) is 0 Å². The Balaban J connectivity index is 2.77. The summed E-state index contributed by atoms with van der Waals surface area (Å²) in [6, 6.07) is 7.95. The second-order valence-corrected chi connectivity index (χ2v) is 4.96. The lowest BCUT2D eigenvalue weighted by Gasteiger charge is -2.29. The molecule has 0 spiro atoms. The molecule has 0 aliphatic carbocycles. The van der Waals surface area contributed by atoms with E-state index in [0.717, 1.165) is 10.0 Å². The summed E-state index contributed by atoms with van der Waals surface area (Å²) in [7, 11) is 1.61. The van der Waals surface area contributed by atoms with Crippen molar-refractivity contribution in [2.75, 3.05) is 7.11 Å². The van der Waals surface area contributed by atoms with Gasteiger partial charge in [0.1, 0.15) is 0 Å². The molecule has 15 heavy (non-hydrogen) atoms. The lowest BCUT2D eigenvalue weighted by Crippen LogP contribution is -2.40. The summed E-state index contributed by atoms with van der Waals surface area (Å²) in [5.41, 5.74) is 0.258. The van der Waals surface area contributed by atoms with Gasteiger partial charge in [-0.3, -0.25) is 0 Å². The van der Waals surface area contributed by atoms with Gasteiger partial charge in [-0.25, -0.2) is 0 Å². The molecular formula is C12H17BrO2. The highest BCUT2D eigenvalue weighted by atomic mass is 79.9. The number of hydrogen-bond acceptors (Lipinski definition) is 2. The van der Waals surface area contributed by atoms with Crippen LogP contribution in [0.2, 0.25) is 0 Å². The first kappa shape index (κ1) is 12.7. The van der Waals surface area contributed by atoms with E-state index in [2.05, 4.69) is 15.9 Å². The molecule has 1 rings (SSSR count). The largest absolute Gasteiger partial charge is 0.387 e. The lowest BCUT2D eigenvalue weighted by molar-refractivity contribution is -0.0715. The standard InChI is InChI=1S/C12H17BrO2/c1-9(15-3)12(2,14)8-10-5-4-6-11(13)7-10/h4-7,9,14H,8H2,1-3H3. The monoisotopic (exact) mass is 272 g/mol. The van der Waals surface area contributed by atoms with Crippen molar-refractivity contribution in [1.29, 1.82) is 0 Å². The van der Waals surface area contributed by atoms with Crippen LogP contribution in [-0.2, 0) is 11.2 Å². The Kier molecular flexibility index (Phi) is 4.32. The molecule has 0 saturated heterocycles. The summed E-state index contributed by atoms with van der Waals surface area (Å²) in [4.78, 5) is 0. The van der Waals surface area contributed by atoms with Gasteiger partial charge in [0.25, 0.3) is 0 Å². The first-order chi connectivity index (χ1) is 6.95. The van der Waals surface area contributed by atoms with Crippen LogP contribution in [0.3, 0.4) is 0 Å². The van der Waals surface area contributed by atoms with Crippen molar-refractivity contribution in [3.05, 3.63) is 34.3 Å². The topological polar surface area (TPSA) is 29.5 Å². The maximum atomic E-state index is 10.2. The predicted molar refractivity (Wildman–Crippen MR) is 64.9 cm³/mol. The Hall–Kier alpha value is -0.380. The Bertz CT molecular complexity index is 323. The quantitative estimate of drug-likeness (QED) is 0.914. The zero-order valence-corrected chi connectivity index (χ0v) is 10.9. The molecule has 0 saturated carbocycles. The predicted octanol–water partition coefficient (Wildman–Crippen LogP) is 2.78. The Labute approximate surface area is 99.4 Å². The van der Waals surface area contributed by atoms with E-state index in [1.54, 1.807) is 14.0 Å². The summed E-state index contributed by atoms with van der Waals surface area (Å²) in [6.45, 7) is 3.67. The van der Waals surface area contributed by atoms with Gasteiger partial charge in [0.05, 0.1) is 11.7 Å². The molecule has 0 heterocycles. The number of methoxy groups -OCH3 is 1. The fourth-order valence-electron chi connectivity index (χ4n) is 1.46. The minimum Gasteiger partial charge on any atom is -0.387 e. The van der Waals surface area contributed by atoms with Crippen LogP contribution in [0.5, 0.6) is 0 Å². The van der Waals surface area contributed by atoms with Gasteiger partial charge in [-0.05, 0) is 31.5 Å². The summed E-state index contributed by atoms with van der Waals surface area (Å²) < 4.78 is 6.18. The second kappa shape index (κ2) is 5.10. The average Bonchev–Trinajstić information content (AvgIpc) is 2.15. The van der Waals surface area contributed by atoms with E-state index in [-0.39, 0.29) is 6.10 Å². The van der Waals surface area contributed by atoms with Crippen LogP contribution in [0, 0.1) is 0 Å². The van der Waals surface area contributed by atoms with Crippen LogP contribution in [0.1, 0.15) is 19.4 Å². The maximum absolute atomic E-state index is 10.2. The van der Waals surface area contributed by atoms with E-state index in [1.165, 1.54) is 0 Å². The minimum atomic E-state index is -0.838. The minimum absolute atomic E-state index is 0.184. The molecule has 2 nitrogen and oxygen atoms in total. The highest BCUT2D eigenvalue weighted by Crippen LogP contribution is 2.21. The molecule has 84 valence electrons. The molecule has 0 aromatic heterocycles. The smallest absolute Gasteiger partial charge is 0.0917 e. The first-order valence-electron chi connectivity index (χ1n) is 4.95. The Morgan fingerprint density at radius 1 is 1.53 bits per heavy atom. The van der Waals surface area contributed by atoms with Gasteiger partial charge in [0, 0.05) is 18.0 Å². The molecule has 0 bridgehead atoms. The van der Waals surface area contributed by atoms with Crippen molar-refractivity contribution in [3.63, 3.8) is 0 Å². The van der Waals surface area contributed by atoms with Crippen molar-refractivity contribution in [3.8, 4) is 0 Å². The maximum Gasteiger partial charge on any atom is 0.0917 e. The van der Waals surface area contributed by atoms with Crippen LogP contribution in [-0.4, -0.2) is 23.9 Å². The molecule has 1 N–H and O–H groups in total. The van der Waals surface area contributed by atoms with Gasteiger partial charge in [-0.15, -0.1) is 0 Å². The van der Waals surface area contributed by atoms with Gasteiger partial charge < -0.3 is 9.84 Å². The van der Waals surface area contributed by atoms with Crippen LogP contribution in [0.4, 0.5) is 0 Å². The first-order valence-corrected chi connectivity index (χ1v) is 5.74. The van der Waals surface area contributed by atoms with E-state index >= 15 is 0 Å². The van der Waals surface area contributed by atoms with Gasteiger partial charge in [0.2, 0.25) is 0 Å². The third kappa shape index (κ3) is 3.59. The number of ether oxygens (including phenoxy) is 1. The van der Waals surface area contributed by atoms with E-state index in [0.29, 0.717) is 6.42 Å². The summed E-state index contributed by atoms with van der Waals surface area (Å²) in [6.07, 6.45) is 0.401. The van der Waals surface area contributed by atoms with Crippen molar-refractivity contribution in [1.82, 2.24) is 0 Å². The summed E-state index contributed by atoms with van der Waals surface area (Å²) in [5, 5.41) is 10.2. The third-order valence-electron chi connectivity index (χ3n) is 2.68. The van der Waals surface area contributed by atoms with Crippen LogP contribution in [0.25, 0.3) is 0 Å². The Morgan fingerprint density at radius 3 is 2.73 bits per heavy atom. The molecule has 3 heteroatoms. The SMILES string of the molecule is COC(C)C(C)(O)Cc1cccc(Br)c1. The normalized spacial score (nSPS) is 17.1. The molecule has 0 aliphatic rings. The highest BCUT2D eigenvalue weighted by molar-refractivity contribution is 9.10. The highest BCUT2D eigenvalue weighted by Gasteiger charge is 2.28. The van der Waals surface area contributed by atoms with Gasteiger partial charge in [-0.1, -0.05) is 28.1 Å². The fraction of sp³-hybridized carbons (Fsp3) is 0.500. The van der Waals surface area contributed by atoms with Crippen molar-refractivity contribution in [2.45, 2.75) is 32.0 Å². The fourth-order valence-corrected chi connectivity index (χ4v) is 1.90. The number of rotatable bonds is 4. The van der Waals surface area contributed by atoms with E-state index in [9.17, 15) is 5.11 Å². The zero-order chi connectivity index (χ0) is 11.5. The van der Waals surface area contributed by atoms with Crippen molar-refractivity contribution >= 4 is 15.9 Å². The Morgan fingerprint density at radius 2 is 2.20 bits per heavy atom. The third-order valence-corrected chi connectivity index (χ3v) is 3.17. The van der Waals surface area contributed by atoms with Gasteiger partial charge in [0.15, 0.2) is 0 Å². The summed E-state index contributed by atoms with van der Waals surface area (Å²) >= 11 is 3.41. The molecular weight excluding hydrogens is 256 g/mol. The molecule has 2 atom stereocenters. The average molecular weight is 273 g/mol.